The number of carbonyl (C=O) groups is 1. The molecule has 1 aliphatic rings. The molecule has 0 spiro atoms. The molecule has 0 aliphatic carbocycles. The number of halogens is 3. The van der Waals surface area contributed by atoms with E-state index in [9.17, 15) is 13.2 Å². The van der Waals surface area contributed by atoms with Crippen LogP contribution in [0.3, 0.4) is 0 Å². The lowest BCUT2D eigenvalue weighted by molar-refractivity contribution is -0.192. The maximum atomic E-state index is 10.6. The second-order valence-corrected chi connectivity index (χ2v) is 11.8. The Bertz CT molecular complexity index is 1670. The molecule has 3 heterocycles. The summed E-state index contributed by atoms with van der Waals surface area (Å²) in [6.45, 7) is 4.77. The molecule has 0 amide bonds. The topological polar surface area (TPSA) is 113 Å². The van der Waals surface area contributed by atoms with E-state index in [1.54, 1.807) is 0 Å². The lowest BCUT2D eigenvalue weighted by atomic mass is 9.99. The lowest BCUT2D eigenvalue weighted by Gasteiger charge is -2.15. The minimum Gasteiger partial charge on any atom is -0.494 e. The maximum absolute atomic E-state index is 10.6. The van der Waals surface area contributed by atoms with Gasteiger partial charge < -0.3 is 14.6 Å². The number of thiophene rings is 1. The van der Waals surface area contributed by atoms with E-state index in [4.69, 9.17) is 19.4 Å². The molecule has 46 heavy (non-hydrogen) atoms. The van der Waals surface area contributed by atoms with Gasteiger partial charge in [-0.2, -0.15) is 18.4 Å². The summed E-state index contributed by atoms with van der Waals surface area (Å²) < 4.78 is 45.0. The number of likely N-dealkylation sites (tertiary alicyclic amines) is 1. The van der Waals surface area contributed by atoms with Crippen molar-refractivity contribution in [2.75, 3.05) is 32.8 Å². The van der Waals surface area contributed by atoms with Crippen LogP contribution in [-0.4, -0.2) is 75.6 Å². The van der Waals surface area contributed by atoms with Crippen LogP contribution in [-0.2, 0) is 17.6 Å². The summed E-state index contributed by atoms with van der Waals surface area (Å²) in [4.78, 5) is 12.7. The second-order valence-electron chi connectivity index (χ2n) is 10.7. The molecular weight excluding hydrogens is 619 g/mol. The van der Waals surface area contributed by atoms with Crippen molar-refractivity contribution in [3.05, 3.63) is 89.7 Å². The fraction of sp³-hybridized carbons (Fsp3) is 0.333. The van der Waals surface area contributed by atoms with Crippen molar-refractivity contribution in [1.29, 1.82) is 0 Å². The Morgan fingerprint density at radius 2 is 1.59 bits per heavy atom. The first-order valence-electron chi connectivity index (χ1n) is 15.0. The number of fused-ring (bicyclic) bond motifs is 1. The third-order valence-corrected chi connectivity index (χ3v) is 8.70. The third-order valence-electron chi connectivity index (χ3n) is 7.44. The zero-order valence-electron chi connectivity index (χ0n) is 25.0. The fourth-order valence-electron chi connectivity index (χ4n) is 5.13. The molecule has 1 aliphatic heterocycles. The molecule has 1 fully saturated rings. The van der Waals surface area contributed by atoms with Crippen LogP contribution in [0.4, 0.5) is 13.2 Å². The van der Waals surface area contributed by atoms with E-state index in [2.05, 4.69) is 98.3 Å². The molecule has 0 saturated carbocycles. The molecule has 1 saturated heterocycles. The summed E-state index contributed by atoms with van der Waals surface area (Å²) in [7, 11) is 0. The number of alkyl halides is 3. The highest BCUT2D eigenvalue weighted by Crippen LogP contribution is 2.40. The van der Waals surface area contributed by atoms with Gasteiger partial charge in [0.25, 0.3) is 0 Å². The SMILES string of the molecule is O=C(O)C(F)(F)F.c1ccc2c(Cc3ccc(OCCCc4nn[nH]n4)cc3)c(-c3ccc(OCCN4CCCC4)cc3)sc2c1. The number of rotatable bonds is 12. The molecule has 0 radical (unpaired) electrons. The first-order chi connectivity index (χ1) is 22.3. The number of hydrogen-bond acceptors (Lipinski definition) is 8. The standard InChI is InChI=1S/C31H33N5O2S.C2HF3O2/c1-2-7-29-27(6-1)28(22-23-9-13-25(14-10-23)37-20-5-8-30-32-34-35-33-30)31(39-29)24-11-15-26(16-12-24)38-21-19-36-17-3-4-18-36;3-2(4,5)1(6)7/h1-2,6-7,9-16H,3-5,8,17-22H2,(H,32,33,34,35);(H,6,7). The Morgan fingerprint density at radius 3 is 2.24 bits per heavy atom. The van der Waals surface area contributed by atoms with E-state index in [-0.39, 0.29) is 0 Å². The van der Waals surface area contributed by atoms with E-state index in [0.29, 0.717) is 12.4 Å². The minimum absolute atomic E-state index is 0.616. The Labute approximate surface area is 268 Å². The number of aliphatic carboxylic acids is 1. The molecule has 13 heteroatoms. The molecule has 3 aromatic carbocycles. The molecule has 0 bridgehead atoms. The average molecular weight is 654 g/mol. The molecule has 2 N–H and O–H groups in total. The van der Waals surface area contributed by atoms with Gasteiger partial charge in [-0.3, -0.25) is 4.90 Å². The monoisotopic (exact) mass is 653 g/mol. The van der Waals surface area contributed by atoms with E-state index in [1.807, 2.05) is 11.3 Å². The first-order valence-corrected chi connectivity index (χ1v) is 15.8. The smallest absolute Gasteiger partial charge is 0.490 e. The minimum atomic E-state index is -5.08. The lowest BCUT2D eigenvalue weighted by Crippen LogP contribution is -2.25. The number of carboxylic acids is 1. The molecule has 5 aromatic rings. The number of aryl methyl sites for hydroxylation is 1. The van der Waals surface area contributed by atoms with E-state index in [0.717, 1.165) is 43.9 Å². The summed E-state index contributed by atoms with van der Waals surface area (Å²) in [5.41, 5.74) is 3.87. The summed E-state index contributed by atoms with van der Waals surface area (Å²) >= 11 is 1.86. The van der Waals surface area contributed by atoms with Gasteiger partial charge in [0.05, 0.1) is 6.61 Å². The van der Waals surface area contributed by atoms with Crippen LogP contribution in [0.15, 0.2) is 72.8 Å². The number of aromatic nitrogens is 4. The van der Waals surface area contributed by atoms with Crippen molar-refractivity contribution >= 4 is 27.4 Å². The normalized spacial score (nSPS) is 13.4. The molecule has 242 valence electrons. The van der Waals surface area contributed by atoms with Crippen molar-refractivity contribution in [2.24, 2.45) is 0 Å². The van der Waals surface area contributed by atoms with E-state index < -0.39 is 12.1 Å². The van der Waals surface area contributed by atoms with Gasteiger partial charge in [-0.25, -0.2) is 4.79 Å². The molecule has 9 nitrogen and oxygen atoms in total. The molecular formula is C33H34F3N5O4S. The van der Waals surface area contributed by atoms with Crippen molar-refractivity contribution < 1.29 is 32.5 Å². The maximum Gasteiger partial charge on any atom is 0.490 e. The number of carboxylic acid groups (broad SMARTS) is 1. The van der Waals surface area contributed by atoms with Gasteiger partial charge in [0.1, 0.15) is 18.1 Å². The van der Waals surface area contributed by atoms with Gasteiger partial charge in [-0.05, 0) is 103 Å². The van der Waals surface area contributed by atoms with Crippen LogP contribution in [0, 0.1) is 0 Å². The van der Waals surface area contributed by atoms with Crippen molar-refractivity contribution in [3.8, 4) is 21.9 Å². The van der Waals surface area contributed by atoms with Gasteiger partial charge >= 0.3 is 12.1 Å². The van der Waals surface area contributed by atoms with Crippen molar-refractivity contribution in [1.82, 2.24) is 25.5 Å². The number of ether oxygens (including phenoxy) is 2. The number of nitrogens with one attached hydrogen (secondary N) is 1. The van der Waals surface area contributed by atoms with Crippen LogP contribution in [0.25, 0.3) is 20.5 Å². The average Bonchev–Trinajstić information content (AvgIpc) is 3.83. The summed E-state index contributed by atoms with van der Waals surface area (Å²) in [6.07, 6.45) is -0.00495. The van der Waals surface area contributed by atoms with Crippen molar-refractivity contribution in [3.63, 3.8) is 0 Å². The first kappa shape index (κ1) is 32.9. The van der Waals surface area contributed by atoms with E-state index in [1.165, 1.54) is 57.6 Å². The quantitative estimate of drug-likeness (QED) is 0.142. The third kappa shape index (κ3) is 9.27. The Hall–Kier alpha value is -4.49. The highest BCUT2D eigenvalue weighted by Gasteiger charge is 2.38. The zero-order chi connectivity index (χ0) is 32.4. The molecule has 6 rings (SSSR count). The largest absolute Gasteiger partial charge is 0.494 e. The number of hydrogen-bond donors (Lipinski definition) is 2. The predicted molar refractivity (Wildman–Crippen MR) is 169 cm³/mol. The summed E-state index contributed by atoms with van der Waals surface area (Å²) in [5, 5.41) is 22.5. The number of benzene rings is 3. The number of nitrogens with zero attached hydrogens (tertiary/aromatic N) is 4. The highest BCUT2D eigenvalue weighted by molar-refractivity contribution is 7.22. The fourth-order valence-corrected chi connectivity index (χ4v) is 6.35. The summed E-state index contributed by atoms with van der Waals surface area (Å²) in [5.74, 6) is -0.226. The van der Waals surface area contributed by atoms with Crippen molar-refractivity contribution in [2.45, 2.75) is 38.3 Å². The van der Waals surface area contributed by atoms with Crippen LogP contribution in [0.2, 0.25) is 0 Å². The van der Waals surface area contributed by atoms with Gasteiger partial charge in [-0.15, -0.1) is 21.5 Å². The van der Waals surface area contributed by atoms with Gasteiger partial charge in [0.15, 0.2) is 5.82 Å². The zero-order valence-corrected chi connectivity index (χ0v) is 25.8. The van der Waals surface area contributed by atoms with Crippen LogP contribution in [0.1, 0.15) is 36.2 Å². The van der Waals surface area contributed by atoms with E-state index >= 15 is 0 Å². The molecule has 2 aromatic heterocycles. The van der Waals surface area contributed by atoms with Crippen LogP contribution >= 0.6 is 11.3 Å². The predicted octanol–water partition coefficient (Wildman–Crippen LogP) is 6.79. The number of aromatic amines is 1. The Kier molecular flexibility index (Phi) is 11.2. The second kappa shape index (κ2) is 15.7. The molecule has 0 unspecified atom stereocenters. The highest BCUT2D eigenvalue weighted by atomic mass is 32.1. The summed E-state index contributed by atoms with van der Waals surface area (Å²) in [6, 6.07) is 25.8. The van der Waals surface area contributed by atoms with Gasteiger partial charge in [-0.1, -0.05) is 35.5 Å². The van der Waals surface area contributed by atoms with Gasteiger partial charge in [0.2, 0.25) is 0 Å². The van der Waals surface area contributed by atoms with Gasteiger partial charge in [0, 0.05) is 22.5 Å². The Balaban J connectivity index is 0.000000537. The van der Waals surface area contributed by atoms with Crippen LogP contribution in [0.5, 0.6) is 11.5 Å². The van der Waals surface area contributed by atoms with Crippen LogP contribution < -0.4 is 9.47 Å². The molecule has 0 atom stereocenters. The number of tetrazole rings is 1. The Morgan fingerprint density at radius 1 is 0.935 bits per heavy atom. The number of H-pyrrole nitrogens is 1.